The molecule has 1 aliphatic rings. The Labute approximate surface area is 50.5 Å². The molecule has 1 heteroatoms. The summed E-state index contributed by atoms with van der Waals surface area (Å²) in [6, 6.07) is 0.384. The second-order valence-electron chi connectivity index (χ2n) is 2.84. The first-order valence-electron chi connectivity index (χ1n) is 3.12. The van der Waals surface area contributed by atoms with Crippen molar-refractivity contribution in [3.8, 4) is 0 Å². The summed E-state index contributed by atoms with van der Waals surface area (Å²) < 4.78 is 0. The van der Waals surface area contributed by atoms with Gasteiger partial charge in [-0.15, -0.1) is 0 Å². The van der Waals surface area contributed by atoms with E-state index in [0.29, 0.717) is 6.04 Å². The molecule has 0 bridgehead atoms. The van der Waals surface area contributed by atoms with Crippen LogP contribution in [0.3, 0.4) is 0 Å². The molecule has 8 heavy (non-hydrogen) atoms. The van der Waals surface area contributed by atoms with Gasteiger partial charge in [0.15, 0.2) is 0 Å². The van der Waals surface area contributed by atoms with Crippen molar-refractivity contribution < 1.29 is 0 Å². The third-order valence-corrected chi connectivity index (χ3v) is 1.83. The van der Waals surface area contributed by atoms with Crippen LogP contribution in [0, 0.1) is 18.4 Å². The van der Waals surface area contributed by atoms with Crippen molar-refractivity contribution in [2.45, 2.75) is 26.3 Å². The molecule has 44 valence electrons. The lowest BCUT2D eigenvalue weighted by Gasteiger charge is -1.93. The number of rotatable bonds is 1. The first kappa shape index (κ1) is 5.62. The summed E-state index contributed by atoms with van der Waals surface area (Å²) in [5.74, 6) is 1.46. The highest BCUT2D eigenvalue weighted by atomic mass is 14.8. The fourth-order valence-corrected chi connectivity index (χ4v) is 1.07. The third kappa shape index (κ3) is 0.838. The van der Waals surface area contributed by atoms with Gasteiger partial charge in [0.05, 0.1) is 0 Å². The van der Waals surface area contributed by atoms with Crippen LogP contribution >= 0.6 is 0 Å². The number of nitrogens with zero attached hydrogens (tertiary/aromatic N) is 1. The molecule has 1 nitrogen and oxygen atoms in total. The van der Waals surface area contributed by atoms with E-state index in [0.717, 1.165) is 18.3 Å². The molecule has 0 radical (unpaired) electrons. The molecular weight excluding hydrogens is 98.1 g/mol. The Hall–Kier alpha value is -0.510. The van der Waals surface area contributed by atoms with E-state index in [9.17, 15) is 0 Å². The predicted octanol–water partition coefficient (Wildman–Crippen LogP) is 1.95. The molecule has 1 aliphatic carbocycles. The smallest absolute Gasteiger partial charge is 0.227 e. The van der Waals surface area contributed by atoms with Crippen LogP contribution in [0.2, 0.25) is 0 Å². The van der Waals surface area contributed by atoms with Crippen LogP contribution in [0.5, 0.6) is 0 Å². The lowest BCUT2D eigenvalue weighted by molar-refractivity contribution is 0.558. The molecule has 0 aromatic rings. The van der Waals surface area contributed by atoms with E-state index >= 15 is 0 Å². The van der Waals surface area contributed by atoms with Crippen LogP contribution in [0.1, 0.15) is 20.3 Å². The van der Waals surface area contributed by atoms with E-state index < -0.39 is 0 Å². The van der Waals surface area contributed by atoms with Gasteiger partial charge in [0.2, 0.25) is 6.04 Å². The standard InChI is InChI=1S/C7H11N/c1-5(2)6-4-7(6)8-3/h5-7H,4H2,1-2H3/t6-,7-/m1/s1. The van der Waals surface area contributed by atoms with Crippen LogP contribution < -0.4 is 0 Å². The van der Waals surface area contributed by atoms with Gasteiger partial charge in [0, 0.05) is 12.3 Å². The summed E-state index contributed by atoms with van der Waals surface area (Å²) in [6.45, 7) is 11.0. The maximum Gasteiger partial charge on any atom is 0.227 e. The lowest BCUT2D eigenvalue weighted by Crippen LogP contribution is -1.91. The summed E-state index contributed by atoms with van der Waals surface area (Å²) in [5.41, 5.74) is 0. The van der Waals surface area contributed by atoms with E-state index in [2.05, 4.69) is 18.7 Å². The third-order valence-electron chi connectivity index (χ3n) is 1.83. The number of hydrogen-bond acceptors (Lipinski definition) is 0. The minimum absolute atomic E-state index is 0.384. The molecule has 1 saturated carbocycles. The van der Waals surface area contributed by atoms with Crippen LogP contribution in [0.25, 0.3) is 4.85 Å². The van der Waals surface area contributed by atoms with E-state index in [-0.39, 0.29) is 0 Å². The average Bonchev–Trinajstić information content (AvgIpc) is 2.42. The normalized spacial score (nSPS) is 34.8. The van der Waals surface area contributed by atoms with Crippen molar-refractivity contribution in [2.75, 3.05) is 0 Å². The molecule has 0 amide bonds. The van der Waals surface area contributed by atoms with Gasteiger partial charge >= 0.3 is 0 Å². The highest BCUT2D eigenvalue weighted by Gasteiger charge is 2.45. The molecule has 0 heterocycles. The minimum atomic E-state index is 0.384. The molecule has 1 rings (SSSR count). The summed E-state index contributed by atoms with van der Waals surface area (Å²) in [4.78, 5) is 3.45. The SMILES string of the molecule is [C-]#[N+][C@@H]1C[C@@H]1C(C)C. The molecule has 0 aromatic carbocycles. The average molecular weight is 109 g/mol. The largest absolute Gasteiger partial charge is 0.313 e. The van der Waals surface area contributed by atoms with E-state index in [4.69, 9.17) is 6.57 Å². The minimum Gasteiger partial charge on any atom is -0.313 e. The van der Waals surface area contributed by atoms with Gasteiger partial charge in [0.1, 0.15) is 0 Å². The van der Waals surface area contributed by atoms with Crippen LogP contribution in [0.4, 0.5) is 0 Å². The Morgan fingerprint density at radius 1 is 1.62 bits per heavy atom. The molecule has 0 N–H and O–H groups in total. The summed E-state index contributed by atoms with van der Waals surface area (Å²) in [5, 5.41) is 0. The van der Waals surface area contributed by atoms with E-state index in [1.807, 2.05) is 0 Å². The number of hydrogen-bond donors (Lipinski definition) is 0. The van der Waals surface area contributed by atoms with Gasteiger partial charge in [-0.1, -0.05) is 13.8 Å². The van der Waals surface area contributed by atoms with Crippen molar-refractivity contribution in [1.82, 2.24) is 0 Å². The summed E-state index contributed by atoms with van der Waals surface area (Å²) in [6.07, 6.45) is 1.15. The van der Waals surface area contributed by atoms with Gasteiger partial charge in [-0.05, 0) is 5.92 Å². The maximum atomic E-state index is 6.67. The summed E-state index contributed by atoms with van der Waals surface area (Å²) in [7, 11) is 0. The van der Waals surface area contributed by atoms with Gasteiger partial charge in [0.25, 0.3) is 0 Å². The van der Waals surface area contributed by atoms with Crippen molar-refractivity contribution in [3.05, 3.63) is 11.4 Å². The molecule has 0 spiro atoms. The Bertz CT molecular complexity index is 121. The van der Waals surface area contributed by atoms with Crippen molar-refractivity contribution >= 4 is 0 Å². The van der Waals surface area contributed by atoms with Crippen molar-refractivity contribution in [1.29, 1.82) is 0 Å². The van der Waals surface area contributed by atoms with E-state index in [1.165, 1.54) is 0 Å². The first-order chi connectivity index (χ1) is 3.75. The Kier molecular flexibility index (Phi) is 1.25. The van der Waals surface area contributed by atoms with Gasteiger partial charge in [-0.25, -0.2) is 6.57 Å². The monoisotopic (exact) mass is 109 g/mol. The van der Waals surface area contributed by atoms with Crippen molar-refractivity contribution in [2.24, 2.45) is 11.8 Å². The van der Waals surface area contributed by atoms with Crippen LogP contribution in [-0.4, -0.2) is 6.04 Å². The second kappa shape index (κ2) is 1.78. The molecule has 0 unspecified atom stereocenters. The molecule has 0 aliphatic heterocycles. The Balaban J connectivity index is 2.29. The van der Waals surface area contributed by atoms with Crippen LogP contribution in [-0.2, 0) is 0 Å². The van der Waals surface area contributed by atoms with E-state index in [1.54, 1.807) is 0 Å². The van der Waals surface area contributed by atoms with Gasteiger partial charge < -0.3 is 4.85 Å². The van der Waals surface area contributed by atoms with Crippen molar-refractivity contribution in [3.63, 3.8) is 0 Å². The lowest BCUT2D eigenvalue weighted by atomic mass is 10.1. The Morgan fingerprint density at radius 2 is 2.25 bits per heavy atom. The Morgan fingerprint density at radius 3 is 2.38 bits per heavy atom. The quantitative estimate of drug-likeness (QED) is 0.453. The highest BCUT2D eigenvalue weighted by molar-refractivity contribution is 5.02. The topological polar surface area (TPSA) is 4.36 Å². The molecule has 0 saturated heterocycles. The fourth-order valence-electron chi connectivity index (χ4n) is 1.07. The zero-order chi connectivity index (χ0) is 6.15. The molecule has 1 fully saturated rings. The highest BCUT2D eigenvalue weighted by Crippen LogP contribution is 2.39. The maximum absolute atomic E-state index is 6.67. The predicted molar refractivity (Wildman–Crippen MR) is 33.3 cm³/mol. The van der Waals surface area contributed by atoms with Gasteiger partial charge in [-0.3, -0.25) is 0 Å². The zero-order valence-corrected chi connectivity index (χ0v) is 5.39. The fraction of sp³-hybridized carbons (Fsp3) is 0.857. The van der Waals surface area contributed by atoms with Crippen LogP contribution in [0.15, 0.2) is 0 Å². The zero-order valence-electron chi connectivity index (χ0n) is 5.39. The summed E-state index contributed by atoms with van der Waals surface area (Å²) >= 11 is 0. The second-order valence-corrected chi connectivity index (χ2v) is 2.84. The molecular formula is C7H11N. The first-order valence-corrected chi connectivity index (χ1v) is 3.12. The molecule has 0 aromatic heterocycles. The van der Waals surface area contributed by atoms with Gasteiger partial charge in [-0.2, -0.15) is 0 Å². The molecule has 2 atom stereocenters.